The number of aryl methyl sites for hydroxylation is 1. The zero-order valence-electron chi connectivity index (χ0n) is 15.0. The largest absolute Gasteiger partial charge is 0.371 e. The third-order valence-corrected chi connectivity index (χ3v) is 7.04. The minimum atomic E-state index is -3.63. The van der Waals surface area contributed by atoms with Crippen LogP contribution >= 0.6 is 11.3 Å². The summed E-state index contributed by atoms with van der Waals surface area (Å²) in [4.78, 5) is 19.9. The summed E-state index contributed by atoms with van der Waals surface area (Å²) in [5, 5.41) is 1.85. The lowest BCUT2D eigenvalue weighted by atomic mass is 10.1. The van der Waals surface area contributed by atoms with Crippen molar-refractivity contribution in [1.82, 2.24) is 8.87 Å². The maximum Gasteiger partial charge on any atom is 0.281 e. The van der Waals surface area contributed by atoms with E-state index in [1.54, 1.807) is 16.7 Å². The van der Waals surface area contributed by atoms with E-state index in [4.69, 9.17) is 0 Å². The minimum absolute atomic E-state index is 0.0968. The molecule has 7 nitrogen and oxygen atoms in total. The van der Waals surface area contributed by atoms with E-state index in [0.29, 0.717) is 10.4 Å². The Balaban J connectivity index is 2.13. The van der Waals surface area contributed by atoms with Gasteiger partial charge < -0.3 is 9.47 Å². The second-order valence-corrected chi connectivity index (χ2v) is 9.40. The first-order chi connectivity index (χ1) is 12.3. The van der Waals surface area contributed by atoms with E-state index in [-0.39, 0.29) is 4.90 Å². The smallest absolute Gasteiger partial charge is 0.281 e. The third kappa shape index (κ3) is 3.60. The number of anilines is 1. The predicted octanol–water partition coefficient (Wildman–Crippen LogP) is 1.68. The Kier molecular flexibility index (Phi) is 5.31. The van der Waals surface area contributed by atoms with Gasteiger partial charge in [0.1, 0.15) is 0 Å². The number of carbonyl (C=O) groups is 1. The van der Waals surface area contributed by atoms with Gasteiger partial charge in [-0.25, -0.2) is 12.7 Å². The first kappa shape index (κ1) is 18.8. The molecule has 1 fully saturated rings. The fourth-order valence-electron chi connectivity index (χ4n) is 2.87. The highest BCUT2D eigenvalue weighted by Crippen LogP contribution is 2.28. The number of aromatic nitrogens is 1. The molecule has 1 amide bonds. The maximum absolute atomic E-state index is 12.9. The van der Waals surface area contributed by atoms with Gasteiger partial charge in [-0.3, -0.25) is 4.79 Å². The van der Waals surface area contributed by atoms with Crippen LogP contribution in [0.15, 0.2) is 39.7 Å². The highest BCUT2D eigenvalue weighted by molar-refractivity contribution is 7.89. The first-order valence-electron chi connectivity index (χ1n) is 8.31. The van der Waals surface area contributed by atoms with Gasteiger partial charge in [-0.15, -0.1) is 11.3 Å². The molecule has 0 saturated carbocycles. The fraction of sp³-hybridized carbons (Fsp3) is 0.412. The van der Waals surface area contributed by atoms with E-state index >= 15 is 0 Å². The molecule has 0 aliphatic carbocycles. The Labute approximate surface area is 157 Å². The number of hydrogen-bond donors (Lipinski definition) is 0. The van der Waals surface area contributed by atoms with Crippen LogP contribution in [0.25, 0.3) is 0 Å². The fourth-order valence-corrected chi connectivity index (χ4v) is 4.53. The number of rotatable bonds is 4. The van der Waals surface area contributed by atoms with Gasteiger partial charge in [0.25, 0.3) is 5.91 Å². The predicted molar refractivity (Wildman–Crippen MR) is 102 cm³/mol. The van der Waals surface area contributed by atoms with Crippen molar-refractivity contribution in [3.63, 3.8) is 0 Å². The van der Waals surface area contributed by atoms with Crippen LogP contribution in [0.5, 0.6) is 0 Å². The summed E-state index contributed by atoms with van der Waals surface area (Å²) in [5.74, 6) is -0.430. The zero-order chi connectivity index (χ0) is 18.9. The van der Waals surface area contributed by atoms with Crippen LogP contribution in [0.3, 0.4) is 0 Å². The molecule has 1 saturated heterocycles. The van der Waals surface area contributed by atoms with Crippen molar-refractivity contribution in [2.24, 2.45) is 12.0 Å². The van der Waals surface area contributed by atoms with Crippen molar-refractivity contribution in [2.75, 3.05) is 32.1 Å². The lowest BCUT2D eigenvalue weighted by Gasteiger charge is -2.21. The number of hydrogen-bond acceptors (Lipinski definition) is 5. The third-order valence-electron chi connectivity index (χ3n) is 4.38. The molecule has 0 unspecified atom stereocenters. The van der Waals surface area contributed by atoms with E-state index in [1.807, 2.05) is 18.6 Å². The molecule has 0 radical (unpaired) electrons. The molecule has 140 valence electrons. The highest BCUT2D eigenvalue weighted by atomic mass is 32.2. The van der Waals surface area contributed by atoms with Gasteiger partial charge in [-0.2, -0.15) is 4.99 Å². The van der Waals surface area contributed by atoms with Crippen molar-refractivity contribution in [3.05, 3.63) is 40.1 Å². The Morgan fingerprint density at radius 1 is 1.23 bits per heavy atom. The summed E-state index contributed by atoms with van der Waals surface area (Å²) in [5.41, 5.74) is 1.07. The lowest BCUT2D eigenvalue weighted by molar-refractivity contribution is 0.0998. The molecular formula is C17H22N4O3S2. The van der Waals surface area contributed by atoms with Crippen molar-refractivity contribution < 1.29 is 13.2 Å². The summed E-state index contributed by atoms with van der Waals surface area (Å²) < 4.78 is 27.9. The van der Waals surface area contributed by atoms with Gasteiger partial charge in [0.05, 0.1) is 10.5 Å². The van der Waals surface area contributed by atoms with Crippen molar-refractivity contribution in [2.45, 2.75) is 17.7 Å². The van der Waals surface area contributed by atoms with Gasteiger partial charge in [-0.1, -0.05) is 0 Å². The van der Waals surface area contributed by atoms with Crippen molar-refractivity contribution >= 4 is 33.0 Å². The number of sulfonamides is 1. The van der Waals surface area contributed by atoms with Gasteiger partial charge in [-0.05, 0) is 31.0 Å². The van der Waals surface area contributed by atoms with Crippen molar-refractivity contribution in [3.8, 4) is 0 Å². The molecule has 0 bridgehead atoms. The average Bonchev–Trinajstić information content (AvgIpc) is 3.26. The van der Waals surface area contributed by atoms with Crippen LogP contribution in [0.1, 0.15) is 23.2 Å². The van der Waals surface area contributed by atoms with E-state index in [0.717, 1.165) is 35.9 Å². The number of nitrogens with zero attached hydrogens (tertiary/aromatic N) is 4. The minimum Gasteiger partial charge on any atom is -0.371 e. The molecule has 0 spiro atoms. The highest BCUT2D eigenvalue weighted by Gasteiger charge is 2.24. The molecular weight excluding hydrogens is 372 g/mol. The molecule has 1 aromatic carbocycles. The molecule has 9 heteroatoms. The van der Waals surface area contributed by atoms with Crippen LogP contribution < -0.4 is 9.70 Å². The lowest BCUT2D eigenvalue weighted by Crippen LogP contribution is -2.24. The van der Waals surface area contributed by atoms with E-state index in [9.17, 15) is 13.2 Å². The Bertz CT molecular complexity index is 983. The molecule has 1 aromatic heterocycles. The molecule has 26 heavy (non-hydrogen) atoms. The SMILES string of the molecule is CN(C)S(=O)(=O)c1ccc(N2CCCC2)c(C(=O)N=c2sccn2C)c1. The zero-order valence-corrected chi connectivity index (χ0v) is 16.7. The molecule has 2 heterocycles. The van der Waals surface area contributed by atoms with E-state index < -0.39 is 15.9 Å². The molecule has 3 rings (SSSR count). The monoisotopic (exact) mass is 394 g/mol. The van der Waals surface area contributed by atoms with E-state index in [2.05, 4.69) is 9.89 Å². The maximum atomic E-state index is 12.9. The second kappa shape index (κ2) is 7.34. The Morgan fingerprint density at radius 2 is 1.92 bits per heavy atom. The molecule has 2 aromatic rings. The van der Waals surface area contributed by atoms with Crippen LogP contribution in [0.4, 0.5) is 5.69 Å². The van der Waals surface area contributed by atoms with Crippen LogP contribution in [-0.4, -0.2) is 50.4 Å². The molecule has 1 aliphatic rings. The van der Waals surface area contributed by atoms with E-state index in [1.165, 1.54) is 31.5 Å². The normalized spacial score (nSPS) is 15.8. The number of benzene rings is 1. The molecule has 0 N–H and O–H groups in total. The molecule has 1 aliphatic heterocycles. The summed E-state index contributed by atoms with van der Waals surface area (Å²) >= 11 is 1.36. The second-order valence-electron chi connectivity index (χ2n) is 6.37. The Morgan fingerprint density at radius 3 is 2.50 bits per heavy atom. The topological polar surface area (TPSA) is 75.0 Å². The van der Waals surface area contributed by atoms with Gasteiger partial charge in [0, 0.05) is 51.5 Å². The van der Waals surface area contributed by atoms with Gasteiger partial charge in [0.2, 0.25) is 10.0 Å². The van der Waals surface area contributed by atoms with Crippen molar-refractivity contribution in [1.29, 1.82) is 0 Å². The first-order valence-corrected chi connectivity index (χ1v) is 10.6. The summed E-state index contributed by atoms with van der Waals surface area (Å²) in [6, 6.07) is 4.73. The summed E-state index contributed by atoms with van der Waals surface area (Å²) in [6.07, 6.45) is 3.94. The van der Waals surface area contributed by atoms with Gasteiger partial charge >= 0.3 is 0 Å². The van der Waals surface area contributed by atoms with Crippen LogP contribution in [0.2, 0.25) is 0 Å². The number of thiazole rings is 1. The Hall–Kier alpha value is -1.97. The quantitative estimate of drug-likeness (QED) is 0.791. The summed E-state index contributed by atoms with van der Waals surface area (Å²) in [6.45, 7) is 1.71. The van der Waals surface area contributed by atoms with Gasteiger partial charge in [0.15, 0.2) is 4.80 Å². The summed E-state index contributed by atoms with van der Waals surface area (Å²) in [7, 11) is 1.14. The standard InChI is InChI=1S/C17H22N4O3S2/c1-19(2)26(23,24)13-6-7-15(21-8-4-5-9-21)14(12-13)16(22)18-17-20(3)10-11-25-17/h6-7,10-12H,4-5,8-9H2,1-3H3. The molecule has 0 atom stereocenters. The number of carbonyl (C=O) groups excluding carboxylic acids is 1. The van der Waals surface area contributed by atoms with Crippen LogP contribution in [0, 0.1) is 0 Å². The number of amides is 1. The average molecular weight is 395 g/mol. The van der Waals surface area contributed by atoms with Crippen LogP contribution in [-0.2, 0) is 17.1 Å².